The van der Waals surface area contributed by atoms with Crippen LogP contribution in [-0.4, -0.2) is 21.9 Å². The molecule has 0 N–H and O–H groups in total. The third-order valence-corrected chi connectivity index (χ3v) is 4.54. The maximum absolute atomic E-state index is 4.56. The van der Waals surface area contributed by atoms with Crippen molar-refractivity contribution in [3.63, 3.8) is 0 Å². The Morgan fingerprint density at radius 1 is 1.42 bits per heavy atom. The molecule has 0 saturated heterocycles. The van der Waals surface area contributed by atoms with Crippen molar-refractivity contribution in [1.82, 2.24) is 14.9 Å². The van der Waals surface area contributed by atoms with Crippen molar-refractivity contribution in [1.29, 1.82) is 0 Å². The van der Waals surface area contributed by atoms with E-state index in [1.54, 1.807) is 11.3 Å². The first kappa shape index (κ1) is 12.8. The second kappa shape index (κ2) is 5.39. The fourth-order valence-electron chi connectivity index (χ4n) is 2.58. The van der Waals surface area contributed by atoms with Crippen molar-refractivity contribution in [2.45, 2.75) is 32.4 Å². The molecule has 1 saturated carbocycles. The predicted molar refractivity (Wildman–Crippen MR) is 78.0 cm³/mol. The molecule has 2 heterocycles. The van der Waals surface area contributed by atoms with Crippen LogP contribution in [0.15, 0.2) is 29.8 Å². The summed E-state index contributed by atoms with van der Waals surface area (Å²) in [5.41, 5.74) is 2.31. The standard InChI is InChI=1S/C15H19N3S/c1-11-10-19-14(17-11)9-18(2)15(12-6-7-12)13-5-3-4-8-16-13/h3-5,8,10,12,15H,6-7,9H2,1-2H3/t15-/m0/s1. The lowest BCUT2D eigenvalue weighted by Gasteiger charge is -2.26. The highest BCUT2D eigenvalue weighted by atomic mass is 32.1. The minimum absolute atomic E-state index is 0.436. The summed E-state index contributed by atoms with van der Waals surface area (Å²) >= 11 is 1.75. The number of aryl methyl sites for hydroxylation is 1. The average Bonchev–Trinajstić information content (AvgIpc) is 3.14. The second-order valence-corrected chi connectivity index (χ2v) is 6.28. The van der Waals surface area contributed by atoms with Gasteiger partial charge in [-0.3, -0.25) is 9.88 Å². The minimum atomic E-state index is 0.436. The van der Waals surface area contributed by atoms with Crippen LogP contribution in [0, 0.1) is 12.8 Å². The van der Waals surface area contributed by atoms with Crippen molar-refractivity contribution in [3.8, 4) is 0 Å². The van der Waals surface area contributed by atoms with Crippen molar-refractivity contribution in [2.75, 3.05) is 7.05 Å². The third kappa shape index (κ3) is 3.01. The van der Waals surface area contributed by atoms with Gasteiger partial charge in [0.25, 0.3) is 0 Å². The van der Waals surface area contributed by atoms with Crippen LogP contribution in [0.1, 0.15) is 35.3 Å². The maximum Gasteiger partial charge on any atom is 0.107 e. The Bertz CT molecular complexity index is 533. The van der Waals surface area contributed by atoms with Crippen LogP contribution in [0.3, 0.4) is 0 Å². The van der Waals surface area contributed by atoms with Gasteiger partial charge < -0.3 is 0 Å². The van der Waals surface area contributed by atoms with Gasteiger partial charge in [0.1, 0.15) is 5.01 Å². The number of pyridine rings is 1. The highest BCUT2D eigenvalue weighted by Crippen LogP contribution is 2.43. The van der Waals surface area contributed by atoms with Crippen LogP contribution in [0.2, 0.25) is 0 Å². The molecule has 1 fully saturated rings. The Labute approximate surface area is 118 Å². The molecule has 2 aromatic rings. The zero-order chi connectivity index (χ0) is 13.2. The van der Waals surface area contributed by atoms with Gasteiger partial charge in [-0.2, -0.15) is 0 Å². The zero-order valence-corrected chi connectivity index (χ0v) is 12.2. The molecule has 4 heteroatoms. The van der Waals surface area contributed by atoms with Gasteiger partial charge in [-0.1, -0.05) is 6.07 Å². The maximum atomic E-state index is 4.56. The van der Waals surface area contributed by atoms with E-state index in [9.17, 15) is 0 Å². The summed E-state index contributed by atoms with van der Waals surface area (Å²) in [6.07, 6.45) is 4.54. The molecule has 100 valence electrons. The number of thiazole rings is 1. The van der Waals surface area contributed by atoms with E-state index in [4.69, 9.17) is 0 Å². The molecule has 1 atom stereocenters. The highest BCUT2D eigenvalue weighted by molar-refractivity contribution is 7.09. The molecular formula is C15H19N3S. The summed E-state index contributed by atoms with van der Waals surface area (Å²) in [6, 6.07) is 6.65. The summed E-state index contributed by atoms with van der Waals surface area (Å²) in [6.45, 7) is 2.97. The summed E-state index contributed by atoms with van der Waals surface area (Å²) in [5, 5.41) is 3.32. The largest absolute Gasteiger partial charge is 0.291 e. The molecular weight excluding hydrogens is 254 g/mol. The SMILES string of the molecule is Cc1csc(CN(C)[C@H](c2ccccn2)C2CC2)n1. The number of hydrogen-bond donors (Lipinski definition) is 0. The monoisotopic (exact) mass is 273 g/mol. The van der Waals surface area contributed by atoms with E-state index < -0.39 is 0 Å². The van der Waals surface area contributed by atoms with Gasteiger partial charge in [-0.15, -0.1) is 11.3 Å². The van der Waals surface area contributed by atoms with Gasteiger partial charge >= 0.3 is 0 Å². The Morgan fingerprint density at radius 2 is 2.26 bits per heavy atom. The summed E-state index contributed by atoms with van der Waals surface area (Å²) < 4.78 is 0. The van der Waals surface area contributed by atoms with Crippen LogP contribution in [0.25, 0.3) is 0 Å². The Balaban J connectivity index is 1.77. The first-order valence-corrected chi connectivity index (χ1v) is 7.64. The van der Waals surface area contributed by atoms with Crippen LogP contribution in [0.4, 0.5) is 0 Å². The second-order valence-electron chi connectivity index (χ2n) is 5.33. The molecule has 0 aromatic carbocycles. The summed E-state index contributed by atoms with van der Waals surface area (Å²) in [4.78, 5) is 11.5. The number of nitrogens with zero attached hydrogens (tertiary/aromatic N) is 3. The molecule has 0 bridgehead atoms. The molecule has 0 amide bonds. The van der Waals surface area contributed by atoms with Crippen LogP contribution in [0.5, 0.6) is 0 Å². The van der Waals surface area contributed by atoms with Gasteiger partial charge in [0.15, 0.2) is 0 Å². The molecule has 2 aromatic heterocycles. The van der Waals surface area contributed by atoms with Crippen molar-refractivity contribution < 1.29 is 0 Å². The van der Waals surface area contributed by atoms with E-state index in [2.05, 4.69) is 46.4 Å². The smallest absolute Gasteiger partial charge is 0.107 e. The molecule has 0 spiro atoms. The minimum Gasteiger partial charge on any atom is -0.291 e. The van der Waals surface area contributed by atoms with Crippen molar-refractivity contribution >= 4 is 11.3 Å². The zero-order valence-electron chi connectivity index (χ0n) is 11.4. The predicted octanol–water partition coefficient (Wildman–Crippen LogP) is 3.43. The molecule has 3 rings (SSSR count). The normalized spacial score (nSPS) is 16.8. The van der Waals surface area contributed by atoms with Gasteiger partial charge in [0.05, 0.1) is 18.3 Å². The van der Waals surface area contributed by atoms with Crippen molar-refractivity contribution in [3.05, 3.63) is 46.2 Å². The van der Waals surface area contributed by atoms with Gasteiger partial charge in [-0.25, -0.2) is 4.98 Å². The average molecular weight is 273 g/mol. The van der Waals surface area contributed by atoms with Gasteiger partial charge in [0.2, 0.25) is 0 Å². The fourth-order valence-corrected chi connectivity index (χ4v) is 3.41. The number of rotatable bonds is 5. The fraction of sp³-hybridized carbons (Fsp3) is 0.467. The molecule has 3 nitrogen and oxygen atoms in total. The molecule has 1 aliphatic rings. The van der Waals surface area contributed by atoms with E-state index in [-0.39, 0.29) is 0 Å². The molecule has 0 unspecified atom stereocenters. The lowest BCUT2D eigenvalue weighted by molar-refractivity contribution is 0.208. The van der Waals surface area contributed by atoms with Crippen LogP contribution >= 0.6 is 11.3 Å². The Morgan fingerprint density at radius 3 is 2.84 bits per heavy atom. The van der Waals surface area contributed by atoms with E-state index in [1.165, 1.54) is 23.5 Å². The third-order valence-electron chi connectivity index (χ3n) is 3.59. The summed E-state index contributed by atoms with van der Waals surface area (Å²) in [5.74, 6) is 0.765. The van der Waals surface area contributed by atoms with Gasteiger partial charge in [-0.05, 0) is 44.9 Å². The van der Waals surface area contributed by atoms with E-state index >= 15 is 0 Å². The first-order valence-electron chi connectivity index (χ1n) is 6.76. The van der Waals surface area contributed by atoms with E-state index in [0.29, 0.717) is 6.04 Å². The molecule has 0 aliphatic heterocycles. The lowest BCUT2D eigenvalue weighted by atomic mass is 10.1. The van der Waals surface area contributed by atoms with E-state index in [0.717, 1.165) is 18.2 Å². The van der Waals surface area contributed by atoms with Gasteiger partial charge in [0, 0.05) is 17.3 Å². The van der Waals surface area contributed by atoms with E-state index in [1.807, 2.05) is 12.3 Å². The quantitative estimate of drug-likeness (QED) is 0.835. The number of aromatic nitrogens is 2. The lowest BCUT2D eigenvalue weighted by Crippen LogP contribution is -2.26. The first-order chi connectivity index (χ1) is 9.24. The Kier molecular flexibility index (Phi) is 3.62. The van der Waals surface area contributed by atoms with Crippen LogP contribution < -0.4 is 0 Å². The van der Waals surface area contributed by atoms with Crippen molar-refractivity contribution in [2.24, 2.45) is 5.92 Å². The highest BCUT2D eigenvalue weighted by Gasteiger charge is 2.35. The molecule has 0 radical (unpaired) electrons. The number of hydrogen-bond acceptors (Lipinski definition) is 4. The molecule has 19 heavy (non-hydrogen) atoms. The Hall–Kier alpha value is -1.26. The summed E-state index contributed by atoms with van der Waals surface area (Å²) in [7, 11) is 2.19. The molecule has 1 aliphatic carbocycles. The van der Waals surface area contributed by atoms with Crippen LogP contribution in [-0.2, 0) is 6.54 Å². The topological polar surface area (TPSA) is 29.0 Å².